The number of carbonyl (C=O) groups is 1. The van der Waals surface area contributed by atoms with Gasteiger partial charge >= 0.3 is 5.97 Å². The molecule has 6 nitrogen and oxygen atoms in total. The standard InChI is InChI=1S/C8H6N4O2/c13-8(14)6-3-7(11-4-10-6)12-2-1-9-5-12/h1-5H,(H,13,14). The zero-order chi connectivity index (χ0) is 9.97. The lowest BCUT2D eigenvalue weighted by Gasteiger charge is -2.00. The molecule has 2 aromatic heterocycles. The molecule has 0 unspecified atom stereocenters. The molecule has 2 heterocycles. The summed E-state index contributed by atoms with van der Waals surface area (Å²) in [5.41, 5.74) is -0.0382. The molecule has 14 heavy (non-hydrogen) atoms. The van der Waals surface area contributed by atoms with E-state index in [1.165, 1.54) is 18.7 Å². The first-order valence-electron chi connectivity index (χ1n) is 3.81. The second-order valence-corrected chi connectivity index (χ2v) is 2.54. The summed E-state index contributed by atoms with van der Waals surface area (Å²) in [6.07, 6.45) is 6.00. The van der Waals surface area contributed by atoms with E-state index in [-0.39, 0.29) is 5.69 Å². The first-order chi connectivity index (χ1) is 6.77. The minimum absolute atomic E-state index is 0.0382. The number of aromatic carboxylic acids is 1. The van der Waals surface area contributed by atoms with Gasteiger partial charge in [0.25, 0.3) is 0 Å². The van der Waals surface area contributed by atoms with Crippen molar-refractivity contribution in [3.05, 3.63) is 36.8 Å². The predicted octanol–water partition coefficient (Wildman–Crippen LogP) is 0.360. The molecule has 0 aliphatic heterocycles. The van der Waals surface area contributed by atoms with Crippen molar-refractivity contribution in [1.82, 2.24) is 19.5 Å². The Balaban J connectivity index is 2.46. The summed E-state index contributed by atoms with van der Waals surface area (Å²) in [5.74, 6) is -0.594. The van der Waals surface area contributed by atoms with Crippen LogP contribution in [-0.4, -0.2) is 30.6 Å². The van der Waals surface area contributed by atoms with Crippen LogP contribution in [0.15, 0.2) is 31.1 Å². The van der Waals surface area contributed by atoms with Crippen molar-refractivity contribution in [2.75, 3.05) is 0 Å². The number of imidazole rings is 1. The minimum atomic E-state index is -1.08. The molecule has 0 amide bonds. The maximum absolute atomic E-state index is 10.6. The van der Waals surface area contributed by atoms with Gasteiger partial charge in [-0.15, -0.1) is 0 Å². The van der Waals surface area contributed by atoms with E-state index in [1.54, 1.807) is 17.0 Å². The van der Waals surface area contributed by atoms with Gasteiger partial charge < -0.3 is 5.11 Å². The third-order valence-electron chi connectivity index (χ3n) is 1.64. The Morgan fingerprint density at radius 3 is 2.93 bits per heavy atom. The molecule has 1 N–H and O–H groups in total. The third kappa shape index (κ3) is 1.45. The van der Waals surface area contributed by atoms with Gasteiger partial charge in [-0.25, -0.2) is 19.7 Å². The summed E-state index contributed by atoms with van der Waals surface area (Å²) in [4.78, 5) is 22.0. The van der Waals surface area contributed by atoms with Crippen LogP contribution < -0.4 is 0 Å². The van der Waals surface area contributed by atoms with Crippen LogP contribution in [0.25, 0.3) is 5.82 Å². The van der Waals surface area contributed by atoms with Crippen molar-refractivity contribution in [2.45, 2.75) is 0 Å². The largest absolute Gasteiger partial charge is 0.477 e. The molecule has 0 bridgehead atoms. The van der Waals surface area contributed by atoms with Crippen LogP contribution in [-0.2, 0) is 0 Å². The molecule has 0 aliphatic carbocycles. The van der Waals surface area contributed by atoms with Crippen LogP contribution in [0.4, 0.5) is 0 Å². The van der Waals surface area contributed by atoms with Crippen molar-refractivity contribution >= 4 is 5.97 Å². The summed E-state index contributed by atoms with van der Waals surface area (Å²) < 4.78 is 1.61. The van der Waals surface area contributed by atoms with Gasteiger partial charge in [-0.3, -0.25) is 4.57 Å². The highest BCUT2D eigenvalue weighted by Crippen LogP contribution is 2.03. The van der Waals surface area contributed by atoms with Crippen molar-refractivity contribution in [1.29, 1.82) is 0 Å². The number of aromatic nitrogens is 4. The van der Waals surface area contributed by atoms with Gasteiger partial charge in [0.1, 0.15) is 18.5 Å². The fraction of sp³-hybridized carbons (Fsp3) is 0. The molecule has 0 saturated carbocycles. The van der Waals surface area contributed by atoms with Gasteiger partial charge in [0, 0.05) is 18.5 Å². The highest BCUT2D eigenvalue weighted by Gasteiger charge is 2.06. The zero-order valence-electron chi connectivity index (χ0n) is 7.03. The summed E-state index contributed by atoms with van der Waals surface area (Å²) >= 11 is 0. The second kappa shape index (κ2) is 3.25. The fourth-order valence-corrected chi connectivity index (χ4v) is 1.000. The Hall–Kier alpha value is -2.24. The van der Waals surface area contributed by atoms with E-state index in [2.05, 4.69) is 15.0 Å². The van der Waals surface area contributed by atoms with Gasteiger partial charge in [-0.2, -0.15) is 0 Å². The van der Waals surface area contributed by atoms with Gasteiger partial charge in [0.15, 0.2) is 5.69 Å². The van der Waals surface area contributed by atoms with Crippen LogP contribution >= 0.6 is 0 Å². The topological polar surface area (TPSA) is 80.9 Å². The average molecular weight is 190 g/mol. The molecule has 0 aliphatic rings. The van der Waals surface area contributed by atoms with E-state index < -0.39 is 5.97 Å². The van der Waals surface area contributed by atoms with E-state index in [0.717, 1.165) is 0 Å². The molecule has 0 radical (unpaired) electrons. The molecule has 6 heteroatoms. The maximum atomic E-state index is 10.6. The smallest absolute Gasteiger partial charge is 0.354 e. The molecule has 0 spiro atoms. The molecule has 0 saturated heterocycles. The first kappa shape index (κ1) is 8.36. The van der Waals surface area contributed by atoms with Crippen LogP contribution in [0.2, 0.25) is 0 Å². The van der Waals surface area contributed by atoms with E-state index in [1.807, 2.05) is 0 Å². The SMILES string of the molecule is O=C(O)c1cc(-n2ccnc2)ncn1. The fourth-order valence-electron chi connectivity index (χ4n) is 1.000. The van der Waals surface area contributed by atoms with Crippen LogP contribution in [0, 0.1) is 0 Å². The summed E-state index contributed by atoms with van der Waals surface area (Å²) in [5, 5.41) is 8.69. The number of hydrogen-bond donors (Lipinski definition) is 1. The lowest BCUT2D eigenvalue weighted by atomic mass is 10.4. The normalized spacial score (nSPS) is 10.0. The van der Waals surface area contributed by atoms with E-state index in [9.17, 15) is 4.79 Å². The molecule has 2 rings (SSSR count). The molecule has 0 aromatic carbocycles. The highest BCUT2D eigenvalue weighted by atomic mass is 16.4. The monoisotopic (exact) mass is 190 g/mol. The molecule has 0 fully saturated rings. The Kier molecular flexibility index (Phi) is 1.94. The Bertz CT molecular complexity index is 452. The number of nitrogens with zero attached hydrogens (tertiary/aromatic N) is 4. The summed E-state index contributed by atoms with van der Waals surface area (Å²) in [7, 11) is 0. The molecular weight excluding hydrogens is 184 g/mol. The first-order valence-corrected chi connectivity index (χ1v) is 3.81. The molecule has 70 valence electrons. The lowest BCUT2D eigenvalue weighted by molar-refractivity contribution is 0.0690. The van der Waals surface area contributed by atoms with Crippen LogP contribution in [0.5, 0.6) is 0 Å². The van der Waals surface area contributed by atoms with Gasteiger partial charge in [-0.1, -0.05) is 0 Å². The number of rotatable bonds is 2. The van der Waals surface area contributed by atoms with E-state index >= 15 is 0 Å². The van der Waals surface area contributed by atoms with E-state index in [0.29, 0.717) is 5.82 Å². The lowest BCUT2D eigenvalue weighted by Crippen LogP contribution is -2.03. The average Bonchev–Trinajstić information content (AvgIpc) is 2.71. The van der Waals surface area contributed by atoms with Crippen molar-refractivity contribution < 1.29 is 9.90 Å². The maximum Gasteiger partial charge on any atom is 0.354 e. The zero-order valence-corrected chi connectivity index (χ0v) is 7.03. The third-order valence-corrected chi connectivity index (χ3v) is 1.64. The highest BCUT2D eigenvalue weighted by molar-refractivity contribution is 5.85. The Morgan fingerprint density at radius 1 is 1.43 bits per heavy atom. The van der Waals surface area contributed by atoms with Gasteiger partial charge in [-0.05, 0) is 0 Å². The number of carboxylic acid groups (broad SMARTS) is 1. The second-order valence-electron chi connectivity index (χ2n) is 2.54. The van der Waals surface area contributed by atoms with Gasteiger partial charge in [0.05, 0.1) is 0 Å². The molecular formula is C8H6N4O2. The Labute approximate surface area is 78.9 Å². The summed E-state index contributed by atoms with van der Waals surface area (Å²) in [6.45, 7) is 0. The van der Waals surface area contributed by atoms with Crippen molar-refractivity contribution in [3.8, 4) is 5.82 Å². The predicted molar refractivity (Wildman–Crippen MR) is 46.1 cm³/mol. The number of carboxylic acids is 1. The van der Waals surface area contributed by atoms with Crippen LogP contribution in [0.1, 0.15) is 10.5 Å². The molecule has 2 aromatic rings. The molecule has 0 atom stereocenters. The minimum Gasteiger partial charge on any atom is -0.477 e. The van der Waals surface area contributed by atoms with Gasteiger partial charge in [0.2, 0.25) is 0 Å². The Morgan fingerprint density at radius 2 is 2.29 bits per heavy atom. The van der Waals surface area contributed by atoms with Crippen molar-refractivity contribution in [2.24, 2.45) is 0 Å². The number of hydrogen-bond acceptors (Lipinski definition) is 4. The van der Waals surface area contributed by atoms with Crippen LogP contribution in [0.3, 0.4) is 0 Å². The summed E-state index contributed by atoms with van der Waals surface area (Å²) in [6, 6.07) is 1.38. The van der Waals surface area contributed by atoms with E-state index in [4.69, 9.17) is 5.11 Å². The van der Waals surface area contributed by atoms with Crippen molar-refractivity contribution in [3.63, 3.8) is 0 Å². The quantitative estimate of drug-likeness (QED) is 0.739.